The number of rotatable bonds is 7. The highest BCUT2D eigenvalue weighted by atomic mass is 16.6. The van der Waals surface area contributed by atoms with Crippen LogP contribution in [-0.2, 0) is 11.4 Å². The Labute approximate surface area is 167 Å². The van der Waals surface area contributed by atoms with Crippen molar-refractivity contribution in [1.29, 1.82) is 0 Å². The fourth-order valence-corrected chi connectivity index (χ4v) is 2.61. The molecule has 1 aromatic heterocycles. The number of nitro benzene ring substituents is 1. The van der Waals surface area contributed by atoms with Crippen LogP contribution >= 0.6 is 0 Å². The van der Waals surface area contributed by atoms with E-state index in [-0.39, 0.29) is 24.0 Å². The SMILES string of the molecule is CC(=O)Nc1cccc(/C=C/c2ccc([N+](=O)[O-])c(OCc3ccccc3)c2)n1. The molecule has 1 amide bonds. The van der Waals surface area contributed by atoms with E-state index in [9.17, 15) is 14.9 Å². The molecule has 0 saturated carbocycles. The minimum Gasteiger partial charge on any atom is -0.482 e. The second-order valence-electron chi connectivity index (χ2n) is 6.22. The smallest absolute Gasteiger partial charge is 0.310 e. The van der Waals surface area contributed by atoms with Gasteiger partial charge in [0, 0.05) is 13.0 Å². The Morgan fingerprint density at radius 2 is 1.90 bits per heavy atom. The van der Waals surface area contributed by atoms with Gasteiger partial charge in [-0.15, -0.1) is 0 Å². The first kappa shape index (κ1) is 19.8. The van der Waals surface area contributed by atoms with Crippen molar-refractivity contribution in [3.63, 3.8) is 0 Å². The average molecular weight is 389 g/mol. The Kier molecular flexibility index (Phi) is 6.32. The third-order valence-corrected chi connectivity index (χ3v) is 3.94. The fraction of sp³-hybridized carbons (Fsp3) is 0.0909. The maximum Gasteiger partial charge on any atom is 0.310 e. The lowest BCUT2D eigenvalue weighted by Gasteiger charge is -2.08. The van der Waals surface area contributed by atoms with Crippen LogP contribution in [0, 0.1) is 10.1 Å². The van der Waals surface area contributed by atoms with Crippen LogP contribution in [0.2, 0.25) is 0 Å². The first-order valence-corrected chi connectivity index (χ1v) is 8.89. The highest BCUT2D eigenvalue weighted by molar-refractivity contribution is 5.87. The molecule has 1 heterocycles. The van der Waals surface area contributed by atoms with Gasteiger partial charge in [-0.05, 0) is 41.5 Å². The number of nitrogens with one attached hydrogen (secondary N) is 1. The maximum absolute atomic E-state index is 11.3. The summed E-state index contributed by atoms with van der Waals surface area (Å²) in [6, 6.07) is 19.4. The van der Waals surface area contributed by atoms with Gasteiger partial charge in [0.2, 0.25) is 5.91 Å². The van der Waals surface area contributed by atoms with Crippen molar-refractivity contribution < 1.29 is 14.5 Å². The van der Waals surface area contributed by atoms with Crippen molar-refractivity contribution in [2.24, 2.45) is 0 Å². The van der Waals surface area contributed by atoms with Crippen molar-refractivity contribution in [1.82, 2.24) is 4.98 Å². The average Bonchev–Trinajstić information content (AvgIpc) is 2.71. The molecular formula is C22H19N3O4. The first-order chi connectivity index (χ1) is 14.0. The summed E-state index contributed by atoms with van der Waals surface area (Å²) in [5, 5.41) is 13.9. The van der Waals surface area contributed by atoms with Crippen molar-refractivity contribution in [3.05, 3.63) is 93.7 Å². The lowest BCUT2D eigenvalue weighted by molar-refractivity contribution is -0.385. The Morgan fingerprint density at radius 3 is 2.62 bits per heavy atom. The number of nitro groups is 1. The van der Waals surface area contributed by atoms with E-state index in [0.717, 1.165) is 11.1 Å². The van der Waals surface area contributed by atoms with Gasteiger partial charge in [0.1, 0.15) is 12.4 Å². The first-order valence-electron chi connectivity index (χ1n) is 8.89. The maximum atomic E-state index is 11.3. The summed E-state index contributed by atoms with van der Waals surface area (Å²) in [4.78, 5) is 26.3. The predicted molar refractivity (Wildman–Crippen MR) is 111 cm³/mol. The third-order valence-electron chi connectivity index (χ3n) is 3.94. The third kappa shape index (κ3) is 5.74. The summed E-state index contributed by atoms with van der Waals surface area (Å²) >= 11 is 0. The quantitative estimate of drug-likeness (QED) is 0.467. The van der Waals surface area contributed by atoms with Gasteiger partial charge in [-0.2, -0.15) is 0 Å². The van der Waals surface area contributed by atoms with Crippen molar-refractivity contribution >= 4 is 29.6 Å². The Balaban J connectivity index is 1.80. The van der Waals surface area contributed by atoms with Crippen LogP contribution < -0.4 is 10.1 Å². The van der Waals surface area contributed by atoms with E-state index in [1.165, 1.54) is 13.0 Å². The fourth-order valence-electron chi connectivity index (χ4n) is 2.61. The van der Waals surface area contributed by atoms with Crippen LogP contribution in [-0.4, -0.2) is 15.8 Å². The van der Waals surface area contributed by atoms with E-state index in [1.54, 1.807) is 42.5 Å². The van der Waals surface area contributed by atoms with Gasteiger partial charge in [-0.3, -0.25) is 14.9 Å². The van der Waals surface area contributed by atoms with Gasteiger partial charge >= 0.3 is 5.69 Å². The Morgan fingerprint density at radius 1 is 1.10 bits per heavy atom. The number of anilines is 1. The molecular weight excluding hydrogens is 370 g/mol. The molecule has 0 saturated heterocycles. The molecule has 0 radical (unpaired) electrons. The van der Waals surface area contributed by atoms with Crippen LogP contribution in [0.15, 0.2) is 66.7 Å². The molecule has 3 aromatic rings. The number of benzene rings is 2. The van der Waals surface area contributed by atoms with Crippen LogP contribution in [0.3, 0.4) is 0 Å². The second kappa shape index (κ2) is 9.27. The molecule has 0 spiro atoms. The zero-order chi connectivity index (χ0) is 20.6. The lowest BCUT2D eigenvalue weighted by Crippen LogP contribution is -2.07. The van der Waals surface area contributed by atoms with Gasteiger partial charge in [0.05, 0.1) is 10.6 Å². The summed E-state index contributed by atoms with van der Waals surface area (Å²) in [7, 11) is 0. The van der Waals surface area contributed by atoms with Gasteiger partial charge in [-0.1, -0.05) is 42.5 Å². The molecule has 2 aromatic carbocycles. The summed E-state index contributed by atoms with van der Waals surface area (Å²) in [6.45, 7) is 1.65. The summed E-state index contributed by atoms with van der Waals surface area (Å²) in [5.41, 5.74) is 2.19. The Bertz CT molecular complexity index is 1050. The highest BCUT2D eigenvalue weighted by Crippen LogP contribution is 2.29. The van der Waals surface area contributed by atoms with E-state index in [2.05, 4.69) is 10.3 Å². The number of aromatic nitrogens is 1. The molecule has 146 valence electrons. The van der Waals surface area contributed by atoms with E-state index in [1.807, 2.05) is 30.3 Å². The molecule has 0 aliphatic heterocycles. The molecule has 29 heavy (non-hydrogen) atoms. The number of carbonyl (C=O) groups is 1. The van der Waals surface area contributed by atoms with Crippen LogP contribution in [0.1, 0.15) is 23.7 Å². The zero-order valence-electron chi connectivity index (χ0n) is 15.7. The topological polar surface area (TPSA) is 94.4 Å². The second-order valence-corrected chi connectivity index (χ2v) is 6.22. The van der Waals surface area contributed by atoms with E-state index < -0.39 is 4.92 Å². The van der Waals surface area contributed by atoms with Gasteiger partial charge in [0.15, 0.2) is 5.75 Å². The normalized spacial score (nSPS) is 10.7. The van der Waals surface area contributed by atoms with Gasteiger partial charge in [0.25, 0.3) is 0 Å². The molecule has 0 bridgehead atoms. The monoisotopic (exact) mass is 389 g/mol. The number of hydrogen-bond donors (Lipinski definition) is 1. The lowest BCUT2D eigenvalue weighted by atomic mass is 10.1. The number of ether oxygens (including phenoxy) is 1. The van der Waals surface area contributed by atoms with Crippen molar-refractivity contribution in [2.75, 3.05) is 5.32 Å². The number of pyridine rings is 1. The van der Waals surface area contributed by atoms with Crippen molar-refractivity contribution in [3.8, 4) is 5.75 Å². The summed E-state index contributed by atoms with van der Waals surface area (Å²) < 4.78 is 5.70. The molecule has 0 unspecified atom stereocenters. The highest BCUT2D eigenvalue weighted by Gasteiger charge is 2.15. The molecule has 1 N–H and O–H groups in total. The van der Waals surface area contributed by atoms with Crippen LogP contribution in [0.4, 0.5) is 11.5 Å². The molecule has 7 nitrogen and oxygen atoms in total. The molecule has 0 aliphatic carbocycles. The molecule has 3 rings (SSSR count). The predicted octanol–water partition coefficient (Wildman–Crippen LogP) is 4.70. The van der Waals surface area contributed by atoms with Gasteiger partial charge in [-0.25, -0.2) is 4.98 Å². The molecule has 0 atom stereocenters. The minimum atomic E-state index is -0.466. The minimum absolute atomic E-state index is 0.0936. The number of carbonyl (C=O) groups excluding carboxylic acids is 1. The summed E-state index contributed by atoms with van der Waals surface area (Å²) in [6.07, 6.45) is 3.53. The number of amides is 1. The Hall–Kier alpha value is -4.00. The van der Waals surface area contributed by atoms with Crippen LogP contribution in [0.5, 0.6) is 5.75 Å². The summed E-state index contributed by atoms with van der Waals surface area (Å²) in [5.74, 6) is 0.449. The molecule has 0 aliphatic rings. The van der Waals surface area contributed by atoms with Crippen LogP contribution in [0.25, 0.3) is 12.2 Å². The number of nitrogens with zero attached hydrogens (tertiary/aromatic N) is 2. The van der Waals surface area contributed by atoms with E-state index in [4.69, 9.17) is 4.74 Å². The standard InChI is InChI=1S/C22H19N3O4/c1-16(26)23-22-9-5-8-19(24-22)12-10-17-11-13-20(25(27)28)21(14-17)29-15-18-6-3-2-4-7-18/h2-14H,15H2,1H3,(H,23,24,26)/b12-10+. The molecule has 7 heteroatoms. The zero-order valence-corrected chi connectivity index (χ0v) is 15.7. The van der Waals surface area contributed by atoms with E-state index >= 15 is 0 Å². The molecule has 0 fully saturated rings. The number of hydrogen-bond acceptors (Lipinski definition) is 5. The van der Waals surface area contributed by atoms with Gasteiger partial charge < -0.3 is 10.1 Å². The van der Waals surface area contributed by atoms with E-state index in [0.29, 0.717) is 11.5 Å². The van der Waals surface area contributed by atoms with Crippen molar-refractivity contribution in [2.45, 2.75) is 13.5 Å². The largest absolute Gasteiger partial charge is 0.482 e.